The molecule has 0 unspecified atom stereocenters. The lowest BCUT2D eigenvalue weighted by Crippen LogP contribution is -2.44. The van der Waals surface area contributed by atoms with E-state index >= 15 is 0 Å². The molecule has 1 aliphatic carbocycles. The van der Waals surface area contributed by atoms with Gasteiger partial charge in [-0.05, 0) is 38.2 Å². The molecule has 0 radical (unpaired) electrons. The van der Waals surface area contributed by atoms with Gasteiger partial charge in [0, 0.05) is 6.04 Å². The van der Waals surface area contributed by atoms with Crippen molar-refractivity contribution in [1.29, 1.82) is 0 Å². The molecule has 0 N–H and O–H groups in total. The molecule has 1 nitrogen and oxygen atoms in total. The Hall–Kier alpha value is -0.185. The summed E-state index contributed by atoms with van der Waals surface area (Å²) in [6, 6.07) is 0.183. The van der Waals surface area contributed by atoms with Crippen LogP contribution in [0.4, 0.5) is 12.9 Å². The molecule has 0 aromatic heterocycles. The van der Waals surface area contributed by atoms with Crippen LogP contribution < -0.4 is 0 Å². The van der Waals surface area contributed by atoms with E-state index in [1.807, 2.05) is 0 Å². The fraction of sp³-hybridized carbons (Fsp3) is 1.00. The molecule has 0 saturated heterocycles. The lowest BCUT2D eigenvalue weighted by molar-refractivity contribution is 0.197. The third-order valence-electron chi connectivity index (χ3n) is 3.28. The average Bonchev–Trinajstić information content (AvgIpc) is 2.62. The van der Waals surface area contributed by atoms with Crippen molar-refractivity contribution in [2.75, 3.05) is 13.0 Å². The Labute approximate surface area is 96.4 Å². The van der Waals surface area contributed by atoms with Crippen molar-refractivity contribution < 1.29 is 12.9 Å². The Morgan fingerprint density at radius 1 is 1.19 bits per heavy atom. The van der Waals surface area contributed by atoms with E-state index in [0.29, 0.717) is 12.5 Å². The molecule has 0 atom stereocenters. The first kappa shape index (κ1) is 13.9. The van der Waals surface area contributed by atoms with Gasteiger partial charge >= 0.3 is 6.98 Å². The minimum Gasteiger partial charge on any atom is -0.448 e. The molecular weight excluding hydrogens is 214 g/mol. The summed E-state index contributed by atoms with van der Waals surface area (Å²) in [5.41, 5.74) is 0. The zero-order chi connectivity index (χ0) is 12.2. The Morgan fingerprint density at radius 2 is 1.75 bits per heavy atom. The predicted molar refractivity (Wildman–Crippen MR) is 62.4 cm³/mol. The first-order chi connectivity index (χ1) is 7.38. The molecule has 0 bridgehead atoms. The summed E-state index contributed by atoms with van der Waals surface area (Å²) in [4.78, 5) is 1.67. The summed E-state index contributed by atoms with van der Waals surface area (Å²) in [7, 11) is 0. The molecule has 1 saturated carbocycles. The average molecular weight is 236 g/mol. The molecule has 0 heterocycles. The molecule has 5 heteroatoms. The van der Waals surface area contributed by atoms with Gasteiger partial charge in [-0.25, -0.2) is 0 Å². The molecule has 1 fully saturated rings. The normalized spacial score (nSPS) is 18.9. The molecule has 0 spiro atoms. The Kier molecular flexibility index (Phi) is 5.15. The van der Waals surface area contributed by atoms with Gasteiger partial charge in [-0.2, -0.15) is 0 Å². The second kappa shape index (κ2) is 5.94. The van der Waals surface area contributed by atoms with Crippen LogP contribution in [-0.2, 0) is 0 Å². The van der Waals surface area contributed by atoms with E-state index in [1.54, 1.807) is 4.90 Å². The zero-order valence-electron chi connectivity index (χ0n) is 10.3. The number of hydrogen-bond acceptors (Lipinski definition) is 1. The number of rotatable bonds is 6. The third kappa shape index (κ3) is 5.24. The highest BCUT2D eigenvalue weighted by atomic mass is 19.4. The monoisotopic (exact) mass is 236 g/mol. The summed E-state index contributed by atoms with van der Waals surface area (Å²) in [6.07, 6.45) is 4.27. The van der Waals surface area contributed by atoms with E-state index in [1.165, 1.54) is 0 Å². The smallest absolute Gasteiger partial charge is 0.448 e. The second-order valence-electron chi connectivity index (χ2n) is 5.33. The van der Waals surface area contributed by atoms with Gasteiger partial charge in [0.05, 0.1) is 0 Å². The zero-order valence-corrected chi connectivity index (χ0v) is 10.3. The van der Waals surface area contributed by atoms with Crippen LogP contribution in [0.3, 0.4) is 0 Å². The van der Waals surface area contributed by atoms with Crippen LogP contribution in [-0.4, -0.2) is 30.9 Å². The Bertz CT molecular complexity index is 200. The van der Waals surface area contributed by atoms with Crippen molar-refractivity contribution in [3.8, 4) is 0 Å². The minimum absolute atomic E-state index is 0.183. The lowest BCUT2D eigenvalue weighted by atomic mass is 9.89. The summed E-state index contributed by atoms with van der Waals surface area (Å²) in [5.74, 6) is 0.477. The van der Waals surface area contributed by atoms with Crippen molar-refractivity contribution in [3.05, 3.63) is 0 Å². The van der Waals surface area contributed by atoms with E-state index in [0.717, 1.165) is 32.1 Å². The lowest BCUT2D eigenvalue weighted by Gasteiger charge is -2.33. The van der Waals surface area contributed by atoms with E-state index in [-0.39, 0.29) is 6.04 Å². The van der Waals surface area contributed by atoms with Gasteiger partial charge in [-0.1, -0.05) is 26.7 Å². The van der Waals surface area contributed by atoms with Crippen LogP contribution in [0.5, 0.6) is 0 Å². The van der Waals surface area contributed by atoms with Crippen molar-refractivity contribution in [2.24, 2.45) is 5.92 Å². The van der Waals surface area contributed by atoms with Crippen LogP contribution in [0.2, 0.25) is 0 Å². The molecular formula is C11H22BF3N-. The Balaban J connectivity index is 2.47. The fourth-order valence-electron chi connectivity index (χ4n) is 2.38. The van der Waals surface area contributed by atoms with E-state index in [4.69, 9.17) is 0 Å². The van der Waals surface area contributed by atoms with Gasteiger partial charge in [0.15, 0.2) is 0 Å². The summed E-state index contributed by atoms with van der Waals surface area (Å²) in [6.45, 7) is 0.0469. The van der Waals surface area contributed by atoms with Crippen LogP contribution in [0.1, 0.15) is 46.0 Å². The van der Waals surface area contributed by atoms with Crippen molar-refractivity contribution in [1.82, 2.24) is 4.90 Å². The van der Waals surface area contributed by atoms with Gasteiger partial charge in [0.1, 0.15) is 0 Å². The molecule has 16 heavy (non-hydrogen) atoms. The van der Waals surface area contributed by atoms with Crippen LogP contribution in [0.15, 0.2) is 0 Å². The van der Waals surface area contributed by atoms with Gasteiger partial charge in [-0.3, -0.25) is 0 Å². The van der Waals surface area contributed by atoms with E-state index in [9.17, 15) is 12.9 Å². The maximum absolute atomic E-state index is 12.5. The summed E-state index contributed by atoms with van der Waals surface area (Å²) >= 11 is 0. The molecule has 0 amide bonds. The van der Waals surface area contributed by atoms with Crippen LogP contribution in [0, 0.1) is 5.92 Å². The topological polar surface area (TPSA) is 3.24 Å². The van der Waals surface area contributed by atoms with Crippen molar-refractivity contribution in [2.45, 2.75) is 52.0 Å². The number of hydrogen-bond donors (Lipinski definition) is 0. The quantitative estimate of drug-likeness (QED) is 0.636. The SMILES string of the molecule is CC(C)CCN(C[B-](F)(F)F)C1CCCC1. The van der Waals surface area contributed by atoms with Crippen LogP contribution >= 0.6 is 0 Å². The third-order valence-corrected chi connectivity index (χ3v) is 3.28. The summed E-state index contributed by atoms with van der Waals surface area (Å²) < 4.78 is 37.5. The highest BCUT2D eigenvalue weighted by Crippen LogP contribution is 2.26. The highest BCUT2D eigenvalue weighted by Gasteiger charge is 2.31. The van der Waals surface area contributed by atoms with Crippen LogP contribution in [0.25, 0.3) is 0 Å². The molecule has 96 valence electrons. The summed E-state index contributed by atoms with van der Waals surface area (Å²) in [5, 5.41) is 0. The largest absolute Gasteiger partial charge is 0.492 e. The number of halogens is 3. The van der Waals surface area contributed by atoms with Gasteiger partial charge in [0.25, 0.3) is 0 Å². The van der Waals surface area contributed by atoms with Gasteiger partial charge in [-0.15, -0.1) is 0 Å². The maximum Gasteiger partial charge on any atom is 0.492 e. The first-order valence-corrected chi connectivity index (χ1v) is 6.33. The minimum atomic E-state index is -4.68. The second-order valence-corrected chi connectivity index (χ2v) is 5.33. The van der Waals surface area contributed by atoms with Gasteiger partial charge < -0.3 is 17.8 Å². The number of nitrogens with zero attached hydrogens (tertiary/aromatic N) is 1. The van der Waals surface area contributed by atoms with E-state index < -0.39 is 13.4 Å². The predicted octanol–water partition coefficient (Wildman–Crippen LogP) is 3.66. The maximum atomic E-state index is 12.5. The molecule has 0 aromatic carbocycles. The fourth-order valence-corrected chi connectivity index (χ4v) is 2.38. The molecule has 1 rings (SSSR count). The van der Waals surface area contributed by atoms with Crippen molar-refractivity contribution >= 4 is 6.98 Å². The van der Waals surface area contributed by atoms with E-state index in [2.05, 4.69) is 13.8 Å². The van der Waals surface area contributed by atoms with Gasteiger partial charge in [0.2, 0.25) is 0 Å². The highest BCUT2D eigenvalue weighted by molar-refractivity contribution is 6.58. The van der Waals surface area contributed by atoms with Crippen molar-refractivity contribution in [3.63, 3.8) is 0 Å². The first-order valence-electron chi connectivity index (χ1n) is 6.33. The molecule has 0 aliphatic heterocycles. The molecule has 1 aliphatic rings. The molecule has 0 aromatic rings. The Morgan fingerprint density at radius 3 is 2.19 bits per heavy atom. The standard InChI is InChI=1S/C11H22BF3N/c1-10(2)7-8-16(9-12(13,14)15)11-5-3-4-6-11/h10-11H,3-9H2,1-2H3/q-1.